The summed E-state index contributed by atoms with van der Waals surface area (Å²) in [5.74, 6) is 0. The van der Waals surface area contributed by atoms with Gasteiger partial charge in [-0.05, 0) is 32.5 Å². The molecule has 1 rings (SSSR count). The first-order valence-corrected chi connectivity index (χ1v) is 5.20. The molecule has 1 unspecified atom stereocenters. The van der Waals surface area contributed by atoms with Crippen LogP contribution in [-0.4, -0.2) is 24.6 Å². The molecule has 88 valence electrons. The molecule has 5 nitrogen and oxygen atoms in total. The number of hydrogen-bond acceptors (Lipinski definition) is 4. The van der Waals surface area contributed by atoms with Crippen molar-refractivity contribution in [3.05, 3.63) is 33.9 Å². The monoisotopic (exact) mass is 223 g/mol. The first-order chi connectivity index (χ1) is 7.54. The molecule has 1 aromatic rings. The summed E-state index contributed by atoms with van der Waals surface area (Å²) in [6.45, 7) is 4.71. The molecule has 0 saturated heterocycles. The van der Waals surface area contributed by atoms with Crippen LogP contribution in [0.15, 0.2) is 18.2 Å². The van der Waals surface area contributed by atoms with E-state index < -0.39 is 0 Å². The van der Waals surface area contributed by atoms with E-state index in [2.05, 4.69) is 17.6 Å². The Labute approximate surface area is 95.0 Å². The first-order valence-electron chi connectivity index (χ1n) is 5.20. The van der Waals surface area contributed by atoms with Gasteiger partial charge in [0.15, 0.2) is 0 Å². The van der Waals surface area contributed by atoms with Crippen LogP contribution < -0.4 is 10.6 Å². The second kappa shape index (κ2) is 5.46. The second-order valence-electron chi connectivity index (χ2n) is 3.83. The lowest BCUT2D eigenvalue weighted by atomic mass is 10.1. The van der Waals surface area contributed by atoms with E-state index in [-0.39, 0.29) is 10.6 Å². The van der Waals surface area contributed by atoms with Gasteiger partial charge in [-0.25, -0.2) is 0 Å². The zero-order valence-corrected chi connectivity index (χ0v) is 9.78. The van der Waals surface area contributed by atoms with E-state index in [0.29, 0.717) is 6.04 Å². The molecule has 16 heavy (non-hydrogen) atoms. The van der Waals surface area contributed by atoms with E-state index in [1.807, 2.05) is 14.0 Å². The zero-order valence-electron chi connectivity index (χ0n) is 9.78. The highest BCUT2D eigenvalue weighted by atomic mass is 16.6. The van der Waals surface area contributed by atoms with Crippen molar-refractivity contribution in [3.8, 4) is 0 Å². The topological polar surface area (TPSA) is 67.2 Å². The van der Waals surface area contributed by atoms with Crippen LogP contribution in [0.2, 0.25) is 0 Å². The van der Waals surface area contributed by atoms with Crippen LogP contribution in [0, 0.1) is 17.0 Å². The van der Waals surface area contributed by atoms with E-state index in [1.54, 1.807) is 12.1 Å². The minimum absolute atomic E-state index is 0.129. The molecule has 1 atom stereocenters. The second-order valence-corrected chi connectivity index (χ2v) is 3.83. The Morgan fingerprint density at radius 2 is 2.19 bits per heavy atom. The number of non-ortho nitro benzene ring substituents is 1. The molecule has 0 aliphatic carbocycles. The number of nitro groups is 1. The number of anilines is 1. The lowest BCUT2D eigenvalue weighted by Crippen LogP contribution is -2.29. The Kier molecular flexibility index (Phi) is 4.25. The van der Waals surface area contributed by atoms with Crippen LogP contribution in [0.4, 0.5) is 11.4 Å². The summed E-state index contributed by atoms with van der Waals surface area (Å²) >= 11 is 0. The van der Waals surface area contributed by atoms with Crippen molar-refractivity contribution >= 4 is 11.4 Å². The smallest absolute Gasteiger partial charge is 0.269 e. The molecule has 0 aliphatic rings. The minimum atomic E-state index is -0.382. The molecule has 0 aliphatic heterocycles. The number of aryl methyl sites for hydroxylation is 1. The van der Waals surface area contributed by atoms with Gasteiger partial charge in [0.2, 0.25) is 0 Å². The van der Waals surface area contributed by atoms with E-state index in [1.165, 1.54) is 6.07 Å². The molecule has 0 bridgehead atoms. The Morgan fingerprint density at radius 3 is 2.69 bits per heavy atom. The fourth-order valence-electron chi connectivity index (χ4n) is 1.32. The van der Waals surface area contributed by atoms with Crippen molar-refractivity contribution in [1.82, 2.24) is 5.32 Å². The Morgan fingerprint density at radius 1 is 1.50 bits per heavy atom. The number of likely N-dealkylation sites (N-methyl/N-ethyl adjacent to an activating group) is 1. The molecule has 2 N–H and O–H groups in total. The van der Waals surface area contributed by atoms with Gasteiger partial charge in [0.25, 0.3) is 5.69 Å². The third kappa shape index (κ3) is 3.20. The number of hydrogen-bond donors (Lipinski definition) is 2. The van der Waals surface area contributed by atoms with Crippen molar-refractivity contribution in [2.24, 2.45) is 0 Å². The van der Waals surface area contributed by atoms with Crippen molar-refractivity contribution in [3.63, 3.8) is 0 Å². The number of nitrogens with one attached hydrogen (secondary N) is 2. The summed E-state index contributed by atoms with van der Waals surface area (Å²) in [4.78, 5) is 10.2. The molecule has 0 heterocycles. The maximum Gasteiger partial charge on any atom is 0.269 e. The molecule has 5 heteroatoms. The first kappa shape index (κ1) is 12.4. The summed E-state index contributed by atoms with van der Waals surface area (Å²) in [6.07, 6.45) is 0. The fraction of sp³-hybridized carbons (Fsp3) is 0.455. The van der Waals surface area contributed by atoms with Crippen LogP contribution >= 0.6 is 0 Å². The predicted octanol–water partition coefficient (Wildman–Crippen LogP) is 1.92. The Bertz CT molecular complexity index is 379. The van der Waals surface area contributed by atoms with Gasteiger partial charge in [0, 0.05) is 30.4 Å². The highest BCUT2D eigenvalue weighted by Crippen LogP contribution is 2.20. The zero-order chi connectivity index (χ0) is 12.1. The largest absolute Gasteiger partial charge is 0.383 e. The van der Waals surface area contributed by atoms with Gasteiger partial charge < -0.3 is 10.6 Å². The number of benzene rings is 1. The fourth-order valence-corrected chi connectivity index (χ4v) is 1.32. The van der Waals surface area contributed by atoms with E-state index in [4.69, 9.17) is 0 Å². The maximum absolute atomic E-state index is 10.6. The highest BCUT2D eigenvalue weighted by molar-refractivity contribution is 5.55. The average molecular weight is 223 g/mol. The van der Waals surface area contributed by atoms with Gasteiger partial charge in [-0.3, -0.25) is 10.1 Å². The average Bonchev–Trinajstić information content (AvgIpc) is 2.26. The summed E-state index contributed by atoms with van der Waals surface area (Å²) in [5.41, 5.74) is 1.95. The molecule has 0 spiro atoms. The molecule has 0 saturated carbocycles. The van der Waals surface area contributed by atoms with Crippen LogP contribution in [0.3, 0.4) is 0 Å². The summed E-state index contributed by atoms with van der Waals surface area (Å²) in [5, 5.41) is 16.9. The predicted molar refractivity (Wildman–Crippen MR) is 64.8 cm³/mol. The third-order valence-corrected chi connectivity index (χ3v) is 2.51. The van der Waals surface area contributed by atoms with Crippen LogP contribution in [0.1, 0.15) is 12.5 Å². The third-order valence-electron chi connectivity index (χ3n) is 2.51. The van der Waals surface area contributed by atoms with Gasteiger partial charge >= 0.3 is 0 Å². The van der Waals surface area contributed by atoms with Crippen molar-refractivity contribution < 1.29 is 4.92 Å². The van der Waals surface area contributed by atoms with Crippen molar-refractivity contribution in [2.45, 2.75) is 19.9 Å². The van der Waals surface area contributed by atoms with Crippen LogP contribution in [-0.2, 0) is 0 Å². The molecule has 0 aromatic heterocycles. The Balaban J connectivity index is 2.72. The number of nitrogens with zero attached hydrogens (tertiary/aromatic N) is 1. The summed E-state index contributed by atoms with van der Waals surface area (Å²) < 4.78 is 0. The summed E-state index contributed by atoms with van der Waals surface area (Å²) in [7, 11) is 1.90. The molecule has 1 aromatic carbocycles. The van der Waals surface area contributed by atoms with Crippen LogP contribution in [0.5, 0.6) is 0 Å². The normalized spacial score (nSPS) is 12.2. The minimum Gasteiger partial charge on any atom is -0.383 e. The quantitative estimate of drug-likeness (QED) is 0.591. The van der Waals surface area contributed by atoms with Gasteiger partial charge in [-0.2, -0.15) is 0 Å². The van der Waals surface area contributed by atoms with Gasteiger partial charge in [-0.1, -0.05) is 0 Å². The van der Waals surface area contributed by atoms with Crippen molar-refractivity contribution in [2.75, 3.05) is 18.9 Å². The lowest BCUT2D eigenvalue weighted by molar-refractivity contribution is -0.384. The molecule has 0 radical (unpaired) electrons. The summed E-state index contributed by atoms with van der Waals surface area (Å²) in [6, 6.07) is 5.19. The standard InChI is InChI=1S/C11H17N3O2/c1-8-6-10(14(15)16)4-5-11(8)13-7-9(2)12-3/h4-6,9,12-13H,7H2,1-3H3. The maximum atomic E-state index is 10.6. The van der Waals surface area contributed by atoms with E-state index in [0.717, 1.165) is 17.8 Å². The number of nitro benzene ring substituents is 1. The van der Waals surface area contributed by atoms with Crippen molar-refractivity contribution in [1.29, 1.82) is 0 Å². The number of rotatable bonds is 5. The molecule has 0 amide bonds. The molecular weight excluding hydrogens is 206 g/mol. The molecule has 0 fully saturated rings. The lowest BCUT2D eigenvalue weighted by Gasteiger charge is -2.14. The van der Waals surface area contributed by atoms with E-state index >= 15 is 0 Å². The van der Waals surface area contributed by atoms with Gasteiger partial charge in [0.1, 0.15) is 0 Å². The molecular formula is C11H17N3O2. The highest BCUT2D eigenvalue weighted by Gasteiger charge is 2.08. The van der Waals surface area contributed by atoms with Gasteiger partial charge in [-0.15, -0.1) is 0 Å². The Hall–Kier alpha value is -1.62. The van der Waals surface area contributed by atoms with E-state index in [9.17, 15) is 10.1 Å². The SMILES string of the molecule is CNC(C)CNc1ccc([N+](=O)[O-])cc1C. The van der Waals surface area contributed by atoms with Gasteiger partial charge in [0.05, 0.1) is 4.92 Å². The van der Waals surface area contributed by atoms with Crippen LogP contribution in [0.25, 0.3) is 0 Å².